The molecule has 156 valence electrons. The lowest BCUT2D eigenvalue weighted by molar-refractivity contribution is 0.0946. The molecule has 4 rings (SSSR count). The molecule has 3 aromatic rings. The van der Waals surface area contributed by atoms with Gasteiger partial charge in [-0.2, -0.15) is 0 Å². The average molecular weight is 449 g/mol. The highest BCUT2D eigenvalue weighted by Crippen LogP contribution is 2.24. The lowest BCUT2D eigenvalue weighted by Gasteiger charge is -2.36. The first-order chi connectivity index (χ1) is 14.5. The number of piperazine rings is 1. The topological polar surface area (TPSA) is 48.5 Å². The van der Waals surface area contributed by atoms with Crippen LogP contribution in [0.15, 0.2) is 47.8 Å². The van der Waals surface area contributed by atoms with Crippen LogP contribution in [0.5, 0.6) is 0 Å². The number of thiazole rings is 1. The van der Waals surface area contributed by atoms with E-state index in [9.17, 15) is 13.6 Å². The van der Waals surface area contributed by atoms with Crippen molar-refractivity contribution in [2.45, 2.75) is 6.54 Å². The Morgan fingerprint density at radius 2 is 1.67 bits per heavy atom. The van der Waals surface area contributed by atoms with Crippen molar-refractivity contribution in [1.82, 2.24) is 10.3 Å². The zero-order chi connectivity index (χ0) is 21.1. The fourth-order valence-electron chi connectivity index (χ4n) is 3.31. The summed E-state index contributed by atoms with van der Waals surface area (Å²) in [7, 11) is 0. The highest BCUT2D eigenvalue weighted by Gasteiger charge is 2.21. The van der Waals surface area contributed by atoms with Gasteiger partial charge in [0.15, 0.2) is 5.13 Å². The quantitative estimate of drug-likeness (QED) is 0.631. The van der Waals surface area contributed by atoms with E-state index in [-0.39, 0.29) is 12.5 Å². The van der Waals surface area contributed by atoms with Gasteiger partial charge in [-0.15, -0.1) is 11.3 Å². The van der Waals surface area contributed by atoms with E-state index in [2.05, 4.69) is 20.1 Å². The molecule has 0 spiro atoms. The molecular weight excluding hydrogens is 430 g/mol. The number of anilines is 2. The molecule has 1 aliphatic rings. The van der Waals surface area contributed by atoms with Crippen molar-refractivity contribution < 1.29 is 13.6 Å². The molecule has 0 radical (unpaired) electrons. The van der Waals surface area contributed by atoms with Gasteiger partial charge in [-0.1, -0.05) is 11.6 Å². The van der Waals surface area contributed by atoms with Crippen molar-refractivity contribution in [3.8, 4) is 0 Å². The van der Waals surface area contributed by atoms with Crippen molar-refractivity contribution in [2.75, 3.05) is 36.0 Å². The first-order valence-electron chi connectivity index (χ1n) is 9.42. The number of carbonyl (C=O) groups excluding carboxylic acids is 1. The van der Waals surface area contributed by atoms with Crippen LogP contribution in [0.1, 0.15) is 16.1 Å². The second kappa shape index (κ2) is 8.97. The summed E-state index contributed by atoms with van der Waals surface area (Å²) in [5.41, 5.74) is 1.79. The maximum atomic E-state index is 13.3. The van der Waals surface area contributed by atoms with Crippen LogP contribution in [0.3, 0.4) is 0 Å². The summed E-state index contributed by atoms with van der Waals surface area (Å²) in [6.45, 7) is 3.29. The number of hydrogen-bond donors (Lipinski definition) is 1. The molecule has 30 heavy (non-hydrogen) atoms. The van der Waals surface area contributed by atoms with Crippen LogP contribution in [-0.4, -0.2) is 37.1 Å². The third kappa shape index (κ3) is 4.88. The molecule has 1 aliphatic heterocycles. The minimum absolute atomic E-state index is 0.0279. The van der Waals surface area contributed by atoms with E-state index in [1.165, 1.54) is 23.5 Å². The molecule has 0 unspecified atom stereocenters. The molecule has 1 aromatic heterocycles. The Morgan fingerprint density at radius 3 is 2.33 bits per heavy atom. The summed E-state index contributed by atoms with van der Waals surface area (Å²) in [6, 6.07) is 11.0. The Balaban J connectivity index is 1.32. The summed E-state index contributed by atoms with van der Waals surface area (Å²) >= 11 is 7.36. The van der Waals surface area contributed by atoms with E-state index < -0.39 is 11.6 Å². The minimum atomic E-state index is -0.673. The van der Waals surface area contributed by atoms with Gasteiger partial charge in [-0.3, -0.25) is 4.79 Å². The van der Waals surface area contributed by atoms with Crippen molar-refractivity contribution in [3.05, 3.63) is 75.8 Å². The van der Waals surface area contributed by atoms with E-state index in [1.807, 2.05) is 24.3 Å². The van der Waals surface area contributed by atoms with E-state index in [0.717, 1.165) is 43.1 Å². The van der Waals surface area contributed by atoms with Gasteiger partial charge in [0.2, 0.25) is 0 Å². The van der Waals surface area contributed by atoms with Gasteiger partial charge in [-0.25, -0.2) is 13.8 Å². The zero-order valence-corrected chi connectivity index (χ0v) is 17.5. The molecule has 5 nitrogen and oxygen atoms in total. The summed E-state index contributed by atoms with van der Waals surface area (Å²) < 4.78 is 26.5. The van der Waals surface area contributed by atoms with Crippen molar-refractivity contribution in [1.29, 1.82) is 0 Å². The second-order valence-electron chi connectivity index (χ2n) is 6.93. The van der Waals surface area contributed by atoms with Crippen molar-refractivity contribution >= 4 is 39.7 Å². The Kier molecular flexibility index (Phi) is 6.15. The van der Waals surface area contributed by atoms with Crippen molar-refractivity contribution in [2.24, 2.45) is 0 Å². The molecule has 1 amide bonds. The number of nitrogens with one attached hydrogen (secondary N) is 1. The Bertz CT molecular complexity index is 1020. The third-order valence-corrected chi connectivity index (χ3v) is 6.00. The highest BCUT2D eigenvalue weighted by molar-refractivity contribution is 7.13. The monoisotopic (exact) mass is 448 g/mol. The fraction of sp³-hybridized carbons (Fsp3) is 0.238. The largest absolute Gasteiger partial charge is 0.368 e. The lowest BCUT2D eigenvalue weighted by Crippen LogP contribution is -2.46. The van der Waals surface area contributed by atoms with Gasteiger partial charge in [0.1, 0.15) is 17.3 Å². The maximum Gasteiger partial charge on any atom is 0.271 e. The molecular formula is C21H19ClF2N4OS. The van der Waals surface area contributed by atoms with E-state index in [0.29, 0.717) is 16.3 Å². The number of benzene rings is 2. The molecule has 0 saturated carbocycles. The second-order valence-corrected chi connectivity index (χ2v) is 8.20. The average Bonchev–Trinajstić information content (AvgIpc) is 3.22. The van der Waals surface area contributed by atoms with Gasteiger partial charge in [0.05, 0.1) is 0 Å². The lowest BCUT2D eigenvalue weighted by atomic mass is 10.2. The number of rotatable bonds is 5. The number of aromatic nitrogens is 1. The van der Waals surface area contributed by atoms with Crippen LogP contribution < -0.4 is 15.1 Å². The maximum absolute atomic E-state index is 13.3. The molecule has 9 heteroatoms. The Morgan fingerprint density at radius 1 is 1.03 bits per heavy atom. The van der Waals surface area contributed by atoms with Crippen LogP contribution in [-0.2, 0) is 6.54 Å². The van der Waals surface area contributed by atoms with Gasteiger partial charge >= 0.3 is 0 Å². The Hall–Kier alpha value is -2.71. The van der Waals surface area contributed by atoms with Crippen LogP contribution in [0.25, 0.3) is 0 Å². The molecule has 0 aliphatic carbocycles. The van der Waals surface area contributed by atoms with E-state index in [4.69, 9.17) is 11.6 Å². The molecule has 2 aromatic carbocycles. The number of carbonyl (C=O) groups is 1. The minimum Gasteiger partial charge on any atom is -0.368 e. The third-order valence-electron chi connectivity index (χ3n) is 4.84. The van der Waals surface area contributed by atoms with Gasteiger partial charge in [0.25, 0.3) is 5.91 Å². The predicted molar refractivity (Wildman–Crippen MR) is 116 cm³/mol. The molecule has 0 atom stereocenters. The SMILES string of the molecule is O=C(NCc1cc(F)cc(F)c1)c1csc(N2CCN(c3ccc(Cl)cc3)CC2)n1. The molecule has 2 heterocycles. The van der Waals surface area contributed by atoms with E-state index in [1.54, 1.807) is 5.38 Å². The van der Waals surface area contributed by atoms with Crippen LogP contribution in [0.4, 0.5) is 19.6 Å². The number of halogens is 3. The summed E-state index contributed by atoms with van der Waals surface area (Å²) in [6.07, 6.45) is 0. The molecule has 1 saturated heterocycles. The molecule has 1 N–H and O–H groups in total. The first-order valence-corrected chi connectivity index (χ1v) is 10.7. The number of nitrogens with zero attached hydrogens (tertiary/aromatic N) is 3. The normalized spacial score (nSPS) is 14.1. The molecule has 1 fully saturated rings. The van der Waals surface area contributed by atoms with E-state index >= 15 is 0 Å². The predicted octanol–water partition coefficient (Wildman–Crippen LogP) is 4.33. The van der Waals surface area contributed by atoms with Crippen LogP contribution in [0.2, 0.25) is 5.02 Å². The highest BCUT2D eigenvalue weighted by atomic mass is 35.5. The first kappa shape index (κ1) is 20.6. The van der Waals surface area contributed by atoms with Gasteiger partial charge < -0.3 is 15.1 Å². The standard InChI is InChI=1S/C21H19ClF2N4OS/c22-15-1-3-18(4-2-15)27-5-7-28(8-6-27)21-26-19(13-30-21)20(29)25-12-14-9-16(23)11-17(24)10-14/h1-4,9-11,13H,5-8,12H2,(H,25,29). The van der Waals surface area contributed by atoms with Crippen LogP contribution in [0, 0.1) is 11.6 Å². The van der Waals surface area contributed by atoms with Gasteiger partial charge in [-0.05, 0) is 42.0 Å². The summed E-state index contributed by atoms with van der Waals surface area (Å²) in [5.74, 6) is -1.72. The van der Waals surface area contributed by atoms with Gasteiger partial charge in [0, 0.05) is 54.9 Å². The molecule has 0 bridgehead atoms. The summed E-state index contributed by atoms with van der Waals surface area (Å²) in [4.78, 5) is 21.2. The number of hydrogen-bond acceptors (Lipinski definition) is 5. The van der Waals surface area contributed by atoms with Crippen LogP contribution >= 0.6 is 22.9 Å². The Labute approximate surface area is 181 Å². The van der Waals surface area contributed by atoms with Crippen molar-refractivity contribution in [3.63, 3.8) is 0 Å². The zero-order valence-electron chi connectivity index (χ0n) is 15.9. The number of amides is 1. The summed E-state index contributed by atoms with van der Waals surface area (Å²) in [5, 5.41) is 5.85. The fourth-order valence-corrected chi connectivity index (χ4v) is 4.29. The smallest absolute Gasteiger partial charge is 0.271 e.